The minimum absolute atomic E-state index is 0.476. The van der Waals surface area contributed by atoms with Crippen LogP contribution in [0.1, 0.15) is 45.1 Å². The minimum Gasteiger partial charge on any atom is -0.398 e. The molecule has 1 aliphatic rings. The molecule has 2 rings (SSSR count). The maximum Gasteiger partial charge on any atom is 0.0392 e. The molecular formula is C15H24N2. The Labute approximate surface area is 105 Å². The van der Waals surface area contributed by atoms with Crippen LogP contribution >= 0.6 is 0 Å². The number of nitrogen functional groups attached to an aromatic ring is 1. The predicted molar refractivity (Wildman–Crippen MR) is 75.3 cm³/mol. The lowest BCUT2D eigenvalue weighted by molar-refractivity contribution is 0.229. The van der Waals surface area contributed by atoms with Crippen LogP contribution in [0.25, 0.3) is 0 Å². The van der Waals surface area contributed by atoms with E-state index in [1.165, 1.54) is 36.9 Å². The summed E-state index contributed by atoms with van der Waals surface area (Å²) in [5, 5.41) is 3.67. The van der Waals surface area contributed by atoms with Gasteiger partial charge in [0.05, 0.1) is 0 Å². The van der Waals surface area contributed by atoms with Gasteiger partial charge in [0.15, 0.2) is 0 Å². The van der Waals surface area contributed by atoms with Gasteiger partial charge in [0.1, 0.15) is 0 Å². The highest BCUT2D eigenvalue weighted by Gasteiger charge is 2.27. The molecule has 1 aromatic carbocycles. The van der Waals surface area contributed by atoms with Crippen molar-refractivity contribution >= 4 is 11.4 Å². The first-order valence-corrected chi connectivity index (χ1v) is 6.59. The second-order valence-corrected chi connectivity index (χ2v) is 6.12. The van der Waals surface area contributed by atoms with Crippen LogP contribution in [0, 0.1) is 12.3 Å². The van der Waals surface area contributed by atoms with Gasteiger partial charge in [0, 0.05) is 17.4 Å². The molecule has 94 valence electrons. The van der Waals surface area contributed by atoms with E-state index in [2.05, 4.69) is 32.2 Å². The first kappa shape index (κ1) is 12.3. The van der Waals surface area contributed by atoms with E-state index in [1.54, 1.807) is 0 Å². The highest BCUT2D eigenvalue weighted by atomic mass is 14.9. The Hall–Kier alpha value is -1.18. The van der Waals surface area contributed by atoms with Crippen molar-refractivity contribution in [3.05, 3.63) is 23.8 Å². The average molecular weight is 232 g/mol. The van der Waals surface area contributed by atoms with Crippen molar-refractivity contribution in [1.82, 2.24) is 0 Å². The number of anilines is 2. The summed E-state index contributed by atoms with van der Waals surface area (Å²) in [6, 6.07) is 6.72. The lowest BCUT2D eigenvalue weighted by Gasteiger charge is -2.36. The number of benzene rings is 1. The molecule has 0 radical (unpaired) electrons. The van der Waals surface area contributed by atoms with Gasteiger partial charge in [-0.05, 0) is 49.3 Å². The molecule has 2 heteroatoms. The molecule has 1 saturated carbocycles. The summed E-state index contributed by atoms with van der Waals surface area (Å²) >= 11 is 0. The van der Waals surface area contributed by atoms with Crippen molar-refractivity contribution < 1.29 is 0 Å². The lowest BCUT2D eigenvalue weighted by atomic mass is 9.75. The molecule has 0 spiro atoms. The van der Waals surface area contributed by atoms with Crippen molar-refractivity contribution in [2.45, 2.75) is 52.5 Å². The molecule has 0 aromatic heterocycles. The quantitative estimate of drug-likeness (QED) is 0.757. The summed E-state index contributed by atoms with van der Waals surface area (Å²) in [6.45, 7) is 6.83. The zero-order valence-electron chi connectivity index (χ0n) is 11.2. The summed E-state index contributed by atoms with van der Waals surface area (Å²) in [5.41, 5.74) is 9.67. The topological polar surface area (TPSA) is 38.0 Å². The maximum atomic E-state index is 5.94. The molecule has 0 heterocycles. The Morgan fingerprint density at radius 2 is 2.12 bits per heavy atom. The second kappa shape index (κ2) is 4.59. The van der Waals surface area contributed by atoms with Crippen molar-refractivity contribution in [1.29, 1.82) is 0 Å². The monoisotopic (exact) mass is 232 g/mol. The fourth-order valence-electron chi connectivity index (χ4n) is 2.85. The Kier molecular flexibility index (Phi) is 3.32. The molecule has 3 N–H and O–H groups in total. The molecule has 0 bridgehead atoms. The summed E-state index contributed by atoms with van der Waals surface area (Å²) in [6.07, 6.45) is 5.20. The maximum absolute atomic E-state index is 5.94. The smallest absolute Gasteiger partial charge is 0.0392 e. The first-order valence-electron chi connectivity index (χ1n) is 6.59. The van der Waals surface area contributed by atoms with Gasteiger partial charge in [0.2, 0.25) is 0 Å². The Bertz CT molecular complexity index is 396. The number of nitrogens with two attached hydrogens (primary N) is 1. The molecule has 1 atom stereocenters. The summed E-state index contributed by atoms with van der Waals surface area (Å²) in [5.74, 6) is 0. The van der Waals surface area contributed by atoms with E-state index in [-0.39, 0.29) is 0 Å². The highest BCUT2D eigenvalue weighted by Crippen LogP contribution is 2.36. The summed E-state index contributed by atoms with van der Waals surface area (Å²) in [4.78, 5) is 0. The van der Waals surface area contributed by atoms with Crippen LogP contribution < -0.4 is 11.1 Å². The lowest BCUT2D eigenvalue weighted by Crippen LogP contribution is -2.32. The molecule has 0 saturated heterocycles. The van der Waals surface area contributed by atoms with Crippen molar-refractivity contribution in [3.63, 3.8) is 0 Å². The number of rotatable bonds is 2. The van der Waals surface area contributed by atoms with Crippen LogP contribution in [0.3, 0.4) is 0 Å². The average Bonchev–Trinajstić information content (AvgIpc) is 2.23. The van der Waals surface area contributed by atoms with Gasteiger partial charge >= 0.3 is 0 Å². The van der Waals surface area contributed by atoms with Crippen molar-refractivity contribution in [2.75, 3.05) is 11.1 Å². The molecule has 1 fully saturated rings. The summed E-state index contributed by atoms with van der Waals surface area (Å²) in [7, 11) is 0. The van der Waals surface area contributed by atoms with E-state index >= 15 is 0 Å². The number of hydrogen-bond acceptors (Lipinski definition) is 2. The SMILES string of the molecule is Cc1c(N)cccc1NC1CCCC(C)(C)C1. The fraction of sp³-hybridized carbons (Fsp3) is 0.600. The molecule has 1 aromatic rings. The third-order valence-electron chi connectivity index (χ3n) is 3.94. The molecule has 0 amide bonds. The van der Waals surface area contributed by atoms with Gasteiger partial charge in [-0.1, -0.05) is 26.3 Å². The van der Waals surface area contributed by atoms with E-state index in [9.17, 15) is 0 Å². The van der Waals surface area contributed by atoms with Gasteiger partial charge < -0.3 is 11.1 Å². The van der Waals surface area contributed by atoms with Crippen molar-refractivity contribution in [2.24, 2.45) is 5.41 Å². The van der Waals surface area contributed by atoms with Crippen molar-refractivity contribution in [3.8, 4) is 0 Å². The van der Waals surface area contributed by atoms with Gasteiger partial charge in [-0.2, -0.15) is 0 Å². The molecular weight excluding hydrogens is 208 g/mol. The summed E-state index contributed by atoms with van der Waals surface area (Å²) < 4.78 is 0. The Balaban J connectivity index is 2.08. The van der Waals surface area contributed by atoms with Gasteiger partial charge in [-0.25, -0.2) is 0 Å². The molecule has 1 aliphatic carbocycles. The molecule has 2 nitrogen and oxygen atoms in total. The third-order valence-corrected chi connectivity index (χ3v) is 3.94. The third kappa shape index (κ3) is 2.93. The van der Waals surface area contributed by atoms with Crippen LogP contribution in [-0.2, 0) is 0 Å². The molecule has 0 aliphatic heterocycles. The van der Waals surface area contributed by atoms with Gasteiger partial charge in [-0.15, -0.1) is 0 Å². The molecule has 17 heavy (non-hydrogen) atoms. The zero-order chi connectivity index (χ0) is 12.5. The van der Waals surface area contributed by atoms with Gasteiger partial charge in [-0.3, -0.25) is 0 Å². The van der Waals surface area contributed by atoms with Crippen LogP contribution in [-0.4, -0.2) is 6.04 Å². The Morgan fingerprint density at radius 1 is 1.35 bits per heavy atom. The van der Waals surface area contributed by atoms with E-state index in [4.69, 9.17) is 5.73 Å². The predicted octanol–water partition coefficient (Wildman–Crippen LogP) is 3.96. The number of nitrogens with one attached hydrogen (secondary N) is 1. The van der Waals surface area contributed by atoms with Crippen LogP contribution in [0.5, 0.6) is 0 Å². The molecule has 1 unspecified atom stereocenters. The minimum atomic E-state index is 0.476. The highest BCUT2D eigenvalue weighted by molar-refractivity contribution is 5.63. The first-order chi connectivity index (χ1) is 7.98. The van der Waals surface area contributed by atoms with Crippen LogP contribution in [0.15, 0.2) is 18.2 Å². The fourth-order valence-corrected chi connectivity index (χ4v) is 2.85. The van der Waals surface area contributed by atoms with E-state index in [1.807, 2.05) is 12.1 Å². The second-order valence-electron chi connectivity index (χ2n) is 6.12. The van der Waals surface area contributed by atoms with E-state index in [0.717, 1.165) is 5.69 Å². The van der Waals surface area contributed by atoms with Gasteiger partial charge in [0.25, 0.3) is 0 Å². The Morgan fingerprint density at radius 3 is 2.82 bits per heavy atom. The van der Waals surface area contributed by atoms with E-state index in [0.29, 0.717) is 11.5 Å². The normalized spacial score (nSPS) is 23.4. The van der Waals surface area contributed by atoms with Crippen LogP contribution in [0.2, 0.25) is 0 Å². The van der Waals surface area contributed by atoms with Crippen LogP contribution in [0.4, 0.5) is 11.4 Å². The zero-order valence-corrected chi connectivity index (χ0v) is 11.2. The standard InChI is InChI=1S/C15H24N2/c1-11-13(16)7-4-8-14(11)17-12-6-5-9-15(2,3)10-12/h4,7-8,12,17H,5-6,9-10,16H2,1-3H3. The van der Waals surface area contributed by atoms with E-state index < -0.39 is 0 Å². The largest absolute Gasteiger partial charge is 0.398 e. The number of hydrogen-bond donors (Lipinski definition) is 2.